The number of carbonyl (C=O) groups excluding carboxylic acids is 1. The van der Waals surface area contributed by atoms with E-state index in [4.69, 9.17) is 9.94 Å². The molecule has 0 aromatic heterocycles. The fourth-order valence-electron chi connectivity index (χ4n) is 1.29. The third-order valence-electron chi connectivity index (χ3n) is 2.12. The number of carbonyl (C=O) groups is 2. The Morgan fingerprint density at radius 3 is 3.00 bits per heavy atom. The Labute approximate surface area is 93.0 Å². The molecule has 0 aliphatic carbocycles. The van der Waals surface area contributed by atoms with E-state index in [0.717, 1.165) is 0 Å². The predicted octanol–water partition coefficient (Wildman–Crippen LogP) is 0.297. The van der Waals surface area contributed by atoms with Crippen LogP contribution < -0.4 is 5.32 Å². The first-order valence-electron chi connectivity index (χ1n) is 4.91. The molecule has 1 aliphatic rings. The highest BCUT2D eigenvalue weighted by atomic mass is 16.6. The monoisotopic (exact) mass is 226 g/mol. The van der Waals surface area contributed by atoms with E-state index in [0.29, 0.717) is 6.42 Å². The molecule has 16 heavy (non-hydrogen) atoms. The summed E-state index contributed by atoms with van der Waals surface area (Å²) in [5, 5.41) is 14.6. The number of amides is 1. The van der Waals surface area contributed by atoms with Crippen LogP contribution in [0.1, 0.15) is 19.8 Å². The normalized spacial score (nSPS) is 20.6. The average Bonchev–Trinajstić information content (AvgIpc) is 2.66. The lowest BCUT2D eigenvalue weighted by Gasteiger charge is -2.14. The van der Waals surface area contributed by atoms with Crippen molar-refractivity contribution < 1.29 is 19.5 Å². The van der Waals surface area contributed by atoms with E-state index in [2.05, 4.69) is 17.1 Å². The molecule has 1 rings (SSSR count). The molecule has 0 spiro atoms. The third kappa shape index (κ3) is 3.08. The van der Waals surface area contributed by atoms with Crippen LogP contribution in [0, 0.1) is 0 Å². The summed E-state index contributed by atoms with van der Waals surface area (Å²) in [6.07, 6.45) is 1.51. The molecule has 2 N–H and O–H groups in total. The van der Waals surface area contributed by atoms with Crippen molar-refractivity contribution >= 4 is 17.6 Å². The van der Waals surface area contributed by atoms with Gasteiger partial charge in [0, 0.05) is 12.5 Å². The summed E-state index contributed by atoms with van der Waals surface area (Å²) in [6, 6.07) is -0.0533. The summed E-state index contributed by atoms with van der Waals surface area (Å²) in [5.74, 6) is -1.51. The van der Waals surface area contributed by atoms with Gasteiger partial charge in [0.05, 0.1) is 0 Å². The first kappa shape index (κ1) is 12.2. The zero-order valence-electron chi connectivity index (χ0n) is 8.97. The molecule has 0 radical (unpaired) electrons. The zero-order chi connectivity index (χ0) is 12.1. The van der Waals surface area contributed by atoms with Gasteiger partial charge in [0.2, 0.25) is 6.10 Å². The van der Waals surface area contributed by atoms with Gasteiger partial charge in [0.15, 0.2) is 5.71 Å². The lowest BCUT2D eigenvalue weighted by atomic mass is 10.1. The number of hydrogen-bond acceptors (Lipinski definition) is 4. The summed E-state index contributed by atoms with van der Waals surface area (Å²) < 4.78 is 0. The Morgan fingerprint density at radius 2 is 2.50 bits per heavy atom. The van der Waals surface area contributed by atoms with Crippen molar-refractivity contribution in [1.82, 2.24) is 5.32 Å². The maximum Gasteiger partial charge on any atom is 0.353 e. The van der Waals surface area contributed by atoms with Crippen LogP contribution in [0.25, 0.3) is 0 Å². The Morgan fingerprint density at radius 1 is 1.81 bits per heavy atom. The minimum atomic E-state index is -1.16. The van der Waals surface area contributed by atoms with Crippen molar-refractivity contribution in [3.8, 4) is 0 Å². The number of oxime groups is 1. The molecule has 88 valence electrons. The number of aliphatic carboxylic acids is 1. The van der Waals surface area contributed by atoms with Crippen LogP contribution in [0.5, 0.6) is 0 Å². The molecule has 2 atom stereocenters. The number of carboxylic acid groups (broad SMARTS) is 1. The van der Waals surface area contributed by atoms with Gasteiger partial charge < -0.3 is 15.3 Å². The van der Waals surface area contributed by atoms with Crippen LogP contribution in [0.4, 0.5) is 0 Å². The second kappa shape index (κ2) is 5.29. The summed E-state index contributed by atoms with van der Waals surface area (Å²) in [5.41, 5.74) is -0.128. The molecule has 1 aliphatic heterocycles. The van der Waals surface area contributed by atoms with Crippen molar-refractivity contribution in [3.63, 3.8) is 0 Å². The Hall–Kier alpha value is -1.85. The summed E-state index contributed by atoms with van der Waals surface area (Å²) in [6.45, 7) is 5.38. The highest BCUT2D eigenvalue weighted by Crippen LogP contribution is 2.11. The fourth-order valence-corrected chi connectivity index (χ4v) is 1.29. The van der Waals surface area contributed by atoms with Crippen molar-refractivity contribution in [2.45, 2.75) is 31.9 Å². The van der Waals surface area contributed by atoms with Gasteiger partial charge in [-0.05, 0) is 13.3 Å². The second-order valence-corrected chi connectivity index (χ2v) is 3.58. The van der Waals surface area contributed by atoms with Gasteiger partial charge >= 0.3 is 5.97 Å². The maximum absolute atomic E-state index is 11.6. The lowest BCUT2D eigenvalue weighted by molar-refractivity contribution is -0.131. The topological polar surface area (TPSA) is 88.0 Å². The van der Waals surface area contributed by atoms with E-state index >= 15 is 0 Å². The molecule has 1 heterocycles. The highest BCUT2D eigenvalue weighted by Gasteiger charge is 2.31. The Balaban J connectivity index is 2.41. The molecule has 1 amide bonds. The van der Waals surface area contributed by atoms with Gasteiger partial charge in [0.25, 0.3) is 5.91 Å². The maximum atomic E-state index is 11.6. The van der Waals surface area contributed by atoms with E-state index in [1.54, 1.807) is 6.08 Å². The van der Waals surface area contributed by atoms with Crippen LogP contribution in [-0.4, -0.2) is 34.8 Å². The number of rotatable bonds is 5. The number of nitrogens with one attached hydrogen (secondary N) is 1. The molecule has 6 nitrogen and oxygen atoms in total. The second-order valence-electron chi connectivity index (χ2n) is 3.58. The van der Waals surface area contributed by atoms with Crippen LogP contribution in [0.15, 0.2) is 17.8 Å². The SMILES string of the molecule is C=CCC(C)NC(=O)C1CC(C(=O)O)=NO1. The fraction of sp³-hybridized carbons (Fsp3) is 0.500. The average molecular weight is 226 g/mol. The van der Waals surface area contributed by atoms with Gasteiger partial charge in [-0.2, -0.15) is 0 Å². The molecule has 0 fully saturated rings. The van der Waals surface area contributed by atoms with Gasteiger partial charge in [-0.3, -0.25) is 4.79 Å². The third-order valence-corrected chi connectivity index (χ3v) is 2.12. The minimum absolute atomic E-state index is 0.00196. The zero-order valence-corrected chi connectivity index (χ0v) is 8.97. The minimum Gasteiger partial charge on any atom is -0.477 e. The van der Waals surface area contributed by atoms with Gasteiger partial charge in [-0.15, -0.1) is 6.58 Å². The van der Waals surface area contributed by atoms with Crippen LogP contribution in [-0.2, 0) is 14.4 Å². The number of carboxylic acids is 1. The molecule has 0 saturated carbocycles. The van der Waals surface area contributed by atoms with E-state index < -0.39 is 12.1 Å². The standard InChI is InChI=1S/C10H14N2O4/c1-3-4-6(2)11-9(13)8-5-7(10(14)15)12-16-8/h3,6,8H,1,4-5H2,2H3,(H,11,13)(H,14,15). The first-order valence-corrected chi connectivity index (χ1v) is 4.91. The van der Waals surface area contributed by atoms with E-state index in [-0.39, 0.29) is 24.1 Å². The number of hydrogen-bond donors (Lipinski definition) is 2. The lowest BCUT2D eigenvalue weighted by Crippen LogP contribution is -2.40. The summed E-state index contributed by atoms with van der Waals surface area (Å²) in [4.78, 5) is 26.8. The molecule has 0 aromatic rings. The molecule has 6 heteroatoms. The molecule has 0 bridgehead atoms. The van der Waals surface area contributed by atoms with E-state index in [1.165, 1.54) is 0 Å². The van der Waals surface area contributed by atoms with Crippen molar-refractivity contribution in [3.05, 3.63) is 12.7 Å². The number of nitrogens with zero attached hydrogens (tertiary/aromatic N) is 1. The Bertz CT molecular complexity index is 338. The van der Waals surface area contributed by atoms with Gasteiger partial charge in [-0.25, -0.2) is 4.79 Å². The first-order chi connectivity index (χ1) is 7.54. The predicted molar refractivity (Wildman–Crippen MR) is 57.0 cm³/mol. The smallest absolute Gasteiger partial charge is 0.353 e. The van der Waals surface area contributed by atoms with E-state index in [9.17, 15) is 9.59 Å². The summed E-state index contributed by atoms with van der Waals surface area (Å²) >= 11 is 0. The van der Waals surface area contributed by atoms with Gasteiger partial charge in [0.1, 0.15) is 0 Å². The largest absolute Gasteiger partial charge is 0.477 e. The molecule has 2 unspecified atom stereocenters. The molecule has 0 saturated heterocycles. The van der Waals surface area contributed by atoms with Crippen molar-refractivity contribution in [2.24, 2.45) is 5.16 Å². The highest BCUT2D eigenvalue weighted by molar-refractivity contribution is 6.36. The molecule has 0 aromatic carbocycles. The van der Waals surface area contributed by atoms with Crippen LogP contribution in [0.2, 0.25) is 0 Å². The Kier molecular flexibility index (Phi) is 4.04. The van der Waals surface area contributed by atoms with Gasteiger partial charge in [-0.1, -0.05) is 11.2 Å². The van der Waals surface area contributed by atoms with Crippen LogP contribution >= 0.6 is 0 Å². The molecular formula is C10H14N2O4. The molecular weight excluding hydrogens is 212 g/mol. The van der Waals surface area contributed by atoms with Crippen LogP contribution in [0.3, 0.4) is 0 Å². The van der Waals surface area contributed by atoms with E-state index in [1.807, 2.05) is 6.92 Å². The summed E-state index contributed by atoms with van der Waals surface area (Å²) in [7, 11) is 0. The quantitative estimate of drug-likeness (QED) is 0.660. The van der Waals surface area contributed by atoms with Crippen molar-refractivity contribution in [2.75, 3.05) is 0 Å². The van der Waals surface area contributed by atoms with Crippen molar-refractivity contribution in [1.29, 1.82) is 0 Å².